The number of nitrogens with two attached hydrogens (primary N) is 1. The molecule has 2 atom stereocenters. The van der Waals surface area contributed by atoms with E-state index in [4.69, 9.17) is 10.8 Å². The zero-order valence-electron chi connectivity index (χ0n) is 11.0. The second-order valence-electron chi connectivity index (χ2n) is 5.05. The van der Waals surface area contributed by atoms with Gasteiger partial charge in [0.25, 0.3) is 0 Å². The molecular formula is C13H17N3O3. The highest BCUT2D eigenvalue weighted by Crippen LogP contribution is 2.27. The second-order valence-corrected chi connectivity index (χ2v) is 5.05. The number of primary amides is 1. The number of nitrogens with zero attached hydrogens (tertiary/aromatic N) is 2. The molecule has 19 heavy (non-hydrogen) atoms. The maximum atomic E-state index is 11.2. The van der Waals surface area contributed by atoms with Gasteiger partial charge in [-0.3, -0.25) is 9.59 Å². The smallest absolute Gasteiger partial charge is 0.308 e. The summed E-state index contributed by atoms with van der Waals surface area (Å²) in [6.07, 6.45) is 0. The predicted octanol–water partition coefficient (Wildman–Crippen LogP) is 0.646. The van der Waals surface area contributed by atoms with Gasteiger partial charge in [-0.15, -0.1) is 0 Å². The molecule has 102 valence electrons. The number of hydrogen-bond acceptors (Lipinski definition) is 4. The summed E-state index contributed by atoms with van der Waals surface area (Å²) < 4.78 is 0. The van der Waals surface area contributed by atoms with E-state index in [9.17, 15) is 9.59 Å². The monoisotopic (exact) mass is 263 g/mol. The minimum atomic E-state index is -0.794. The molecule has 1 saturated heterocycles. The summed E-state index contributed by atoms with van der Waals surface area (Å²) in [6.45, 7) is 4.71. The van der Waals surface area contributed by atoms with Crippen LogP contribution in [0, 0.1) is 18.8 Å². The Bertz CT molecular complexity index is 530. The molecule has 1 fully saturated rings. The first-order valence-electron chi connectivity index (χ1n) is 6.14. The second kappa shape index (κ2) is 4.87. The van der Waals surface area contributed by atoms with Gasteiger partial charge in [-0.25, -0.2) is 4.98 Å². The first kappa shape index (κ1) is 13.3. The van der Waals surface area contributed by atoms with E-state index < -0.39 is 17.8 Å². The van der Waals surface area contributed by atoms with Crippen molar-refractivity contribution in [3.05, 3.63) is 23.4 Å². The van der Waals surface area contributed by atoms with Gasteiger partial charge in [0.1, 0.15) is 5.82 Å². The topological polar surface area (TPSA) is 96.5 Å². The summed E-state index contributed by atoms with van der Waals surface area (Å²) in [5.74, 6) is -1.04. The zero-order valence-corrected chi connectivity index (χ0v) is 11.0. The van der Waals surface area contributed by atoms with E-state index in [0.29, 0.717) is 30.2 Å². The number of amides is 1. The number of aliphatic carboxylic acids is 1. The highest BCUT2D eigenvalue weighted by atomic mass is 16.4. The Kier molecular flexibility index (Phi) is 3.42. The number of rotatable bonds is 3. The van der Waals surface area contributed by atoms with Crippen LogP contribution < -0.4 is 10.6 Å². The third-order valence-corrected chi connectivity index (χ3v) is 3.48. The molecule has 1 aromatic heterocycles. The van der Waals surface area contributed by atoms with Gasteiger partial charge in [-0.1, -0.05) is 6.92 Å². The molecule has 0 bridgehead atoms. The van der Waals surface area contributed by atoms with Gasteiger partial charge in [-0.2, -0.15) is 0 Å². The molecule has 6 nitrogen and oxygen atoms in total. The molecule has 0 radical (unpaired) electrons. The number of anilines is 1. The number of aromatic nitrogens is 1. The minimum Gasteiger partial charge on any atom is -0.481 e. The summed E-state index contributed by atoms with van der Waals surface area (Å²) >= 11 is 0. The first-order chi connectivity index (χ1) is 8.88. The first-order valence-corrected chi connectivity index (χ1v) is 6.14. The summed E-state index contributed by atoms with van der Waals surface area (Å²) in [7, 11) is 0. The lowest BCUT2D eigenvalue weighted by molar-refractivity contribution is -0.142. The lowest BCUT2D eigenvalue weighted by Gasteiger charge is -2.18. The Morgan fingerprint density at radius 1 is 1.42 bits per heavy atom. The van der Waals surface area contributed by atoms with E-state index in [1.807, 2.05) is 11.8 Å². The van der Waals surface area contributed by atoms with E-state index in [-0.39, 0.29) is 5.92 Å². The molecule has 0 aliphatic carbocycles. The minimum absolute atomic E-state index is 0.0526. The molecule has 3 N–H and O–H groups in total. The van der Waals surface area contributed by atoms with Crippen LogP contribution in [0.2, 0.25) is 0 Å². The SMILES string of the molecule is Cc1cc(C(N)=O)cc(N2C[C@@H](C)[C@H](C(=O)O)C2)n1. The molecule has 6 heteroatoms. The molecule has 0 unspecified atom stereocenters. The van der Waals surface area contributed by atoms with Crippen LogP contribution in [0.1, 0.15) is 23.0 Å². The Hall–Kier alpha value is -2.11. The Morgan fingerprint density at radius 2 is 2.11 bits per heavy atom. The molecule has 0 aromatic carbocycles. The van der Waals surface area contributed by atoms with Gasteiger partial charge in [0.05, 0.1) is 5.92 Å². The van der Waals surface area contributed by atoms with Crippen molar-refractivity contribution in [1.82, 2.24) is 4.98 Å². The Morgan fingerprint density at radius 3 is 2.63 bits per heavy atom. The van der Waals surface area contributed by atoms with Gasteiger partial charge in [0, 0.05) is 24.3 Å². The fourth-order valence-electron chi connectivity index (χ4n) is 2.43. The third kappa shape index (κ3) is 2.67. The van der Waals surface area contributed by atoms with Crippen LogP contribution >= 0.6 is 0 Å². The predicted molar refractivity (Wildman–Crippen MR) is 70.0 cm³/mol. The van der Waals surface area contributed by atoms with Crippen molar-refractivity contribution in [2.75, 3.05) is 18.0 Å². The Balaban J connectivity index is 2.28. The summed E-state index contributed by atoms with van der Waals surface area (Å²) in [5, 5.41) is 9.12. The quantitative estimate of drug-likeness (QED) is 0.834. The van der Waals surface area contributed by atoms with Crippen molar-refractivity contribution in [3.8, 4) is 0 Å². The normalized spacial score (nSPS) is 22.5. The number of aryl methyl sites for hydroxylation is 1. The van der Waals surface area contributed by atoms with Crippen LogP contribution in [0.3, 0.4) is 0 Å². The van der Waals surface area contributed by atoms with Crippen molar-refractivity contribution < 1.29 is 14.7 Å². The van der Waals surface area contributed by atoms with Crippen molar-refractivity contribution in [1.29, 1.82) is 0 Å². The number of carbonyl (C=O) groups excluding carboxylic acids is 1. The standard InChI is InChI=1S/C13H17N3O3/c1-7-5-16(6-10(7)13(18)19)11-4-9(12(14)17)3-8(2)15-11/h3-4,7,10H,5-6H2,1-2H3,(H2,14,17)(H,18,19)/t7-,10-/m1/s1. The average molecular weight is 263 g/mol. The maximum Gasteiger partial charge on any atom is 0.308 e. The van der Waals surface area contributed by atoms with E-state index >= 15 is 0 Å². The molecular weight excluding hydrogens is 246 g/mol. The molecule has 1 aliphatic heterocycles. The lowest BCUT2D eigenvalue weighted by atomic mass is 9.99. The molecule has 2 heterocycles. The molecule has 0 saturated carbocycles. The molecule has 0 spiro atoms. The van der Waals surface area contributed by atoms with Crippen LogP contribution in [0.5, 0.6) is 0 Å². The van der Waals surface area contributed by atoms with E-state index in [0.717, 1.165) is 0 Å². The van der Waals surface area contributed by atoms with Crippen LogP contribution in [0.4, 0.5) is 5.82 Å². The molecule has 1 aromatic rings. The van der Waals surface area contributed by atoms with Crippen LogP contribution in [-0.2, 0) is 4.79 Å². The van der Waals surface area contributed by atoms with Gasteiger partial charge >= 0.3 is 5.97 Å². The Labute approximate surface area is 111 Å². The summed E-state index contributed by atoms with van der Waals surface area (Å²) in [5.41, 5.74) is 6.36. The fraction of sp³-hybridized carbons (Fsp3) is 0.462. The van der Waals surface area contributed by atoms with Crippen LogP contribution in [-0.4, -0.2) is 35.1 Å². The van der Waals surface area contributed by atoms with Crippen LogP contribution in [0.15, 0.2) is 12.1 Å². The average Bonchev–Trinajstić information content (AvgIpc) is 2.70. The summed E-state index contributed by atoms with van der Waals surface area (Å²) in [4.78, 5) is 28.6. The van der Waals surface area contributed by atoms with Gasteiger partial charge in [0.2, 0.25) is 5.91 Å². The largest absolute Gasteiger partial charge is 0.481 e. The number of hydrogen-bond donors (Lipinski definition) is 2. The lowest BCUT2D eigenvalue weighted by Crippen LogP contribution is -2.24. The molecule has 2 rings (SSSR count). The highest BCUT2D eigenvalue weighted by molar-refractivity contribution is 5.93. The molecule has 1 aliphatic rings. The van der Waals surface area contributed by atoms with Crippen molar-refractivity contribution in [2.45, 2.75) is 13.8 Å². The fourth-order valence-corrected chi connectivity index (χ4v) is 2.43. The van der Waals surface area contributed by atoms with Gasteiger partial charge in [-0.05, 0) is 25.0 Å². The van der Waals surface area contributed by atoms with Crippen molar-refractivity contribution in [3.63, 3.8) is 0 Å². The third-order valence-electron chi connectivity index (χ3n) is 3.48. The number of pyridine rings is 1. The van der Waals surface area contributed by atoms with E-state index in [1.54, 1.807) is 19.1 Å². The van der Waals surface area contributed by atoms with E-state index in [2.05, 4.69) is 4.98 Å². The highest BCUT2D eigenvalue weighted by Gasteiger charge is 2.35. The summed E-state index contributed by atoms with van der Waals surface area (Å²) in [6, 6.07) is 3.24. The van der Waals surface area contributed by atoms with Gasteiger partial charge < -0.3 is 15.7 Å². The van der Waals surface area contributed by atoms with Crippen molar-refractivity contribution in [2.24, 2.45) is 17.6 Å². The number of carbonyl (C=O) groups is 2. The maximum absolute atomic E-state index is 11.2. The molecule has 1 amide bonds. The van der Waals surface area contributed by atoms with Crippen LogP contribution in [0.25, 0.3) is 0 Å². The van der Waals surface area contributed by atoms with Gasteiger partial charge in [0.15, 0.2) is 0 Å². The van der Waals surface area contributed by atoms with E-state index in [1.165, 1.54) is 0 Å². The zero-order chi connectivity index (χ0) is 14.2. The van der Waals surface area contributed by atoms with Crippen molar-refractivity contribution >= 4 is 17.7 Å². The number of carboxylic acid groups (broad SMARTS) is 1. The number of carboxylic acids is 1.